The molecule has 1 aliphatic heterocycles. The van der Waals surface area contributed by atoms with Crippen molar-refractivity contribution in [2.75, 3.05) is 0 Å². The molecule has 1 aromatic heterocycles. The van der Waals surface area contributed by atoms with Gasteiger partial charge in [0.05, 0.1) is 16.8 Å². The van der Waals surface area contributed by atoms with E-state index in [0.29, 0.717) is 5.82 Å². The number of benzene rings is 8. The normalized spacial score (nSPS) is 13.3. The first-order valence-corrected chi connectivity index (χ1v) is 19.2. The zero-order chi connectivity index (χ0) is 35.6. The van der Waals surface area contributed by atoms with Crippen molar-refractivity contribution in [3.05, 3.63) is 216 Å². The monoisotopic (exact) mass is 704 g/mol. The van der Waals surface area contributed by atoms with Crippen molar-refractivity contribution in [2.24, 2.45) is 0 Å². The van der Waals surface area contributed by atoms with E-state index < -0.39 is 5.41 Å². The third-order valence-corrected chi connectivity index (χ3v) is 12.3. The van der Waals surface area contributed by atoms with Gasteiger partial charge in [-0.1, -0.05) is 176 Å². The predicted octanol–water partition coefficient (Wildman–Crippen LogP) is 13.1. The van der Waals surface area contributed by atoms with Crippen LogP contribution in [0.1, 0.15) is 22.3 Å². The van der Waals surface area contributed by atoms with E-state index >= 15 is 0 Å². The van der Waals surface area contributed by atoms with Crippen molar-refractivity contribution in [3.63, 3.8) is 0 Å². The highest BCUT2D eigenvalue weighted by Gasteiger charge is 2.50. The van der Waals surface area contributed by atoms with Crippen molar-refractivity contribution in [3.8, 4) is 56.2 Å². The first kappa shape index (κ1) is 31.0. The second-order valence-corrected chi connectivity index (χ2v) is 15.2. The lowest BCUT2D eigenvalue weighted by Gasteiger charge is -2.40. The Balaban J connectivity index is 1.09. The fraction of sp³-hybridized carbons (Fsp3) is 0.0196. The highest BCUT2D eigenvalue weighted by atomic mass is 32.2. The zero-order valence-electron chi connectivity index (χ0n) is 29.3. The molecule has 0 atom stereocenters. The highest BCUT2D eigenvalue weighted by Crippen LogP contribution is 2.62. The van der Waals surface area contributed by atoms with E-state index in [1.165, 1.54) is 59.5 Å². The van der Waals surface area contributed by atoms with Gasteiger partial charge < -0.3 is 0 Å². The van der Waals surface area contributed by atoms with Crippen molar-refractivity contribution in [1.29, 1.82) is 0 Å². The van der Waals surface area contributed by atoms with Gasteiger partial charge in [0.1, 0.15) is 0 Å². The van der Waals surface area contributed by atoms with Gasteiger partial charge in [-0.15, -0.1) is 0 Å². The Morgan fingerprint density at radius 1 is 0.352 bits per heavy atom. The molecule has 2 heterocycles. The van der Waals surface area contributed by atoms with Gasteiger partial charge in [0, 0.05) is 26.5 Å². The maximum atomic E-state index is 5.20. The number of rotatable bonds is 4. The van der Waals surface area contributed by atoms with Gasteiger partial charge in [-0.3, -0.25) is 0 Å². The molecule has 0 saturated carbocycles. The highest BCUT2D eigenvalue weighted by molar-refractivity contribution is 7.99. The molecule has 1 spiro atoms. The number of hydrogen-bond acceptors (Lipinski definition) is 3. The molecule has 2 aliphatic rings. The Bertz CT molecular complexity index is 2880. The van der Waals surface area contributed by atoms with Crippen molar-refractivity contribution in [2.45, 2.75) is 15.2 Å². The molecular formula is C51H32N2S. The molecule has 1 aliphatic carbocycles. The van der Waals surface area contributed by atoms with Crippen LogP contribution in [0.4, 0.5) is 0 Å². The molecule has 11 rings (SSSR count). The van der Waals surface area contributed by atoms with Crippen LogP contribution in [-0.4, -0.2) is 9.97 Å². The van der Waals surface area contributed by atoms with Crippen LogP contribution < -0.4 is 0 Å². The zero-order valence-corrected chi connectivity index (χ0v) is 30.1. The summed E-state index contributed by atoms with van der Waals surface area (Å²) in [5, 5.41) is 2.37. The molecule has 252 valence electrons. The molecule has 0 radical (unpaired) electrons. The third-order valence-electron chi connectivity index (χ3n) is 11.2. The van der Waals surface area contributed by atoms with E-state index in [2.05, 4.69) is 176 Å². The molecule has 0 saturated heterocycles. The average Bonchev–Trinajstić information content (AvgIpc) is 3.54. The lowest BCUT2D eigenvalue weighted by molar-refractivity contribution is 0.723. The summed E-state index contributed by atoms with van der Waals surface area (Å²) in [7, 11) is 0. The fourth-order valence-electron chi connectivity index (χ4n) is 8.79. The molecule has 0 amide bonds. The molecule has 9 aromatic rings. The van der Waals surface area contributed by atoms with Gasteiger partial charge >= 0.3 is 0 Å². The first-order chi connectivity index (χ1) is 26.8. The van der Waals surface area contributed by atoms with Crippen LogP contribution in [0.25, 0.3) is 66.9 Å². The van der Waals surface area contributed by atoms with Crippen LogP contribution in [0.3, 0.4) is 0 Å². The summed E-state index contributed by atoms with van der Waals surface area (Å²) >= 11 is 1.88. The van der Waals surface area contributed by atoms with E-state index in [-0.39, 0.29) is 0 Å². The third kappa shape index (κ3) is 4.68. The summed E-state index contributed by atoms with van der Waals surface area (Å²) in [6.45, 7) is 0. The Hall–Kier alpha value is -6.55. The van der Waals surface area contributed by atoms with E-state index in [1.54, 1.807) is 0 Å². The summed E-state index contributed by atoms with van der Waals surface area (Å²) in [5.41, 5.74) is 14.9. The maximum Gasteiger partial charge on any atom is 0.160 e. The minimum Gasteiger partial charge on any atom is -0.228 e. The van der Waals surface area contributed by atoms with Crippen LogP contribution in [0.2, 0.25) is 0 Å². The minimum atomic E-state index is -0.414. The van der Waals surface area contributed by atoms with E-state index in [0.717, 1.165) is 33.6 Å². The second kappa shape index (κ2) is 12.3. The summed E-state index contributed by atoms with van der Waals surface area (Å²) < 4.78 is 0. The lowest BCUT2D eigenvalue weighted by atomic mass is 9.67. The summed E-state index contributed by atoms with van der Waals surface area (Å²) in [6, 6.07) is 70.3. The van der Waals surface area contributed by atoms with Crippen molar-refractivity contribution in [1.82, 2.24) is 9.97 Å². The molecule has 3 heteroatoms. The van der Waals surface area contributed by atoms with Gasteiger partial charge in [-0.25, -0.2) is 9.97 Å². The van der Waals surface area contributed by atoms with Crippen LogP contribution in [0.5, 0.6) is 0 Å². The first-order valence-electron chi connectivity index (χ1n) is 18.4. The Morgan fingerprint density at radius 3 is 1.76 bits per heavy atom. The summed E-state index contributed by atoms with van der Waals surface area (Å²) in [5.74, 6) is 0.714. The lowest BCUT2D eigenvalue weighted by Crippen LogP contribution is -2.32. The number of nitrogens with zero attached hydrogens (tertiary/aromatic N) is 2. The van der Waals surface area contributed by atoms with E-state index in [4.69, 9.17) is 9.97 Å². The summed E-state index contributed by atoms with van der Waals surface area (Å²) in [4.78, 5) is 13.0. The van der Waals surface area contributed by atoms with Crippen LogP contribution in [0.15, 0.2) is 204 Å². The largest absolute Gasteiger partial charge is 0.228 e. The van der Waals surface area contributed by atoms with Gasteiger partial charge in [0.2, 0.25) is 0 Å². The van der Waals surface area contributed by atoms with Crippen LogP contribution in [-0.2, 0) is 5.41 Å². The van der Waals surface area contributed by atoms with Crippen LogP contribution >= 0.6 is 11.8 Å². The predicted molar refractivity (Wildman–Crippen MR) is 223 cm³/mol. The average molecular weight is 705 g/mol. The van der Waals surface area contributed by atoms with Gasteiger partial charge in [0.25, 0.3) is 0 Å². The van der Waals surface area contributed by atoms with E-state index in [1.807, 2.05) is 30.0 Å². The second-order valence-electron chi connectivity index (χ2n) is 14.1. The molecule has 0 bridgehead atoms. The Kier molecular flexibility index (Phi) is 7.05. The maximum absolute atomic E-state index is 5.20. The Labute approximate surface area is 318 Å². The van der Waals surface area contributed by atoms with Crippen LogP contribution in [0, 0.1) is 0 Å². The molecule has 0 fully saturated rings. The molecule has 0 unspecified atom stereocenters. The fourth-order valence-corrected chi connectivity index (χ4v) is 9.96. The SMILES string of the molecule is c1ccc(-c2nc(-c3cccc(-c4ccc5c(c4)C4(c6ccccc6S5)c5ccccc5-c5ccccc54)c3)cc(-c3cccc4ccccc34)n2)cc1. The quantitative estimate of drug-likeness (QED) is 0.182. The molecule has 8 aromatic carbocycles. The number of hydrogen-bond donors (Lipinski definition) is 0. The molecule has 0 N–H and O–H groups in total. The van der Waals surface area contributed by atoms with Crippen molar-refractivity contribution < 1.29 is 0 Å². The van der Waals surface area contributed by atoms with E-state index in [9.17, 15) is 0 Å². The molecule has 2 nitrogen and oxygen atoms in total. The summed E-state index contributed by atoms with van der Waals surface area (Å²) in [6.07, 6.45) is 0. The standard InChI is InChI=1S/C51H32N2S/c1-2-15-34(16-3-1)50-52-46(32-47(53-50)41-23-13-17-33-14-4-5-20-38(33)41)37-19-12-18-35(30-37)36-28-29-49-45(31-36)51(44-26-10-11-27-48(44)54-49)42-24-8-6-21-39(42)40-22-7-9-25-43(40)51/h1-32H. The smallest absolute Gasteiger partial charge is 0.160 e. The van der Waals surface area contributed by atoms with Gasteiger partial charge in [-0.2, -0.15) is 0 Å². The molecular weight excluding hydrogens is 673 g/mol. The number of aromatic nitrogens is 2. The minimum absolute atomic E-state index is 0.414. The number of fused-ring (bicyclic) bond motifs is 10. The van der Waals surface area contributed by atoms with Gasteiger partial charge in [0.15, 0.2) is 5.82 Å². The van der Waals surface area contributed by atoms with Gasteiger partial charge in [-0.05, 0) is 85.6 Å². The van der Waals surface area contributed by atoms with Crippen molar-refractivity contribution >= 4 is 22.5 Å². The topological polar surface area (TPSA) is 25.8 Å². The molecule has 54 heavy (non-hydrogen) atoms. The Morgan fingerprint density at radius 2 is 0.926 bits per heavy atom.